The molecule has 0 radical (unpaired) electrons. The number of aromatic nitrogens is 2. The summed E-state index contributed by atoms with van der Waals surface area (Å²) in [6.45, 7) is 2.30. The Kier molecular flexibility index (Phi) is 3.63. The van der Waals surface area contributed by atoms with E-state index in [1.54, 1.807) is 30.3 Å². The third-order valence-electron chi connectivity index (χ3n) is 3.68. The number of carboxylic acids is 1. The van der Waals surface area contributed by atoms with Gasteiger partial charge in [0.2, 0.25) is 0 Å². The van der Waals surface area contributed by atoms with Crippen LogP contribution in [-0.4, -0.2) is 20.6 Å². The van der Waals surface area contributed by atoms with Crippen molar-refractivity contribution in [1.82, 2.24) is 9.55 Å². The summed E-state index contributed by atoms with van der Waals surface area (Å²) in [5.74, 6) is -0.458. The maximum Gasteiger partial charge on any atom is 0.335 e. The minimum Gasteiger partial charge on any atom is -0.478 e. The predicted molar refractivity (Wildman–Crippen MR) is 81.6 cm³/mol. The molecule has 1 aromatic heterocycles. The van der Waals surface area contributed by atoms with Crippen LogP contribution in [0.25, 0.3) is 11.0 Å². The highest BCUT2D eigenvalue weighted by atomic mass is 19.1. The normalized spacial score (nSPS) is 11.0. The van der Waals surface area contributed by atoms with Crippen LogP contribution >= 0.6 is 0 Å². The van der Waals surface area contributed by atoms with Crippen molar-refractivity contribution >= 4 is 17.0 Å². The highest BCUT2D eigenvalue weighted by Gasteiger charge is 2.13. The molecule has 0 saturated heterocycles. The van der Waals surface area contributed by atoms with Crippen molar-refractivity contribution in [1.29, 1.82) is 0 Å². The topological polar surface area (TPSA) is 55.1 Å². The van der Waals surface area contributed by atoms with Gasteiger partial charge in [-0.05, 0) is 24.3 Å². The van der Waals surface area contributed by atoms with E-state index in [0.29, 0.717) is 24.0 Å². The third kappa shape index (κ3) is 2.45. The molecule has 4 nitrogen and oxygen atoms in total. The number of aromatic carboxylic acids is 1. The van der Waals surface area contributed by atoms with Gasteiger partial charge in [-0.1, -0.05) is 25.1 Å². The lowest BCUT2D eigenvalue weighted by molar-refractivity contribution is 0.0697. The van der Waals surface area contributed by atoms with Crippen molar-refractivity contribution in [2.75, 3.05) is 0 Å². The van der Waals surface area contributed by atoms with Gasteiger partial charge < -0.3 is 9.67 Å². The Morgan fingerprint density at radius 3 is 2.73 bits per heavy atom. The van der Waals surface area contributed by atoms with E-state index in [2.05, 4.69) is 4.98 Å². The van der Waals surface area contributed by atoms with Crippen LogP contribution in [0.4, 0.5) is 4.39 Å². The lowest BCUT2D eigenvalue weighted by Crippen LogP contribution is -2.06. The van der Waals surface area contributed by atoms with Crippen LogP contribution in [0.5, 0.6) is 0 Å². The molecular formula is C17H15FN2O2. The maximum absolute atomic E-state index is 13.9. The molecule has 1 heterocycles. The third-order valence-corrected chi connectivity index (χ3v) is 3.68. The highest BCUT2D eigenvalue weighted by molar-refractivity contribution is 5.92. The molecule has 0 saturated carbocycles. The second-order valence-corrected chi connectivity index (χ2v) is 5.07. The summed E-state index contributed by atoms with van der Waals surface area (Å²) < 4.78 is 15.8. The quantitative estimate of drug-likeness (QED) is 0.802. The molecule has 0 amide bonds. The molecule has 0 aliphatic heterocycles. The molecule has 0 bridgehead atoms. The molecular weight excluding hydrogens is 283 g/mol. The molecule has 1 N–H and O–H groups in total. The largest absolute Gasteiger partial charge is 0.478 e. The molecule has 0 atom stereocenters. The van der Waals surface area contributed by atoms with Gasteiger partial charge in [-0.25, -0.2) is 14.2 Å². The SMILES string of the molecule is CCc1nc2ccc(C(=O)O)cc2n1Cc1ccccc1F. The Morgan fingerprint density at radius 2 is 2.05 bits per heavy atom. The number of hydrogen-bond acceptors (Lipinski definition) is 2. The molecule has 0 spiro atoms. The van der Waals surface area contributed by atoms with Gasteiger partial charge in [0.15, 0.2) is 0 Å². The van der Waals surface area contributed by atoms with Crippen LogP contribution in [0.2, 0.25) is 0 Å². The van der Waals surface area contributed by atoms with E-state index in [-0.39, 0.29) is 11.4 Å². The fraction of sp³-hybridized carbons (Fsp3) is 0.176. The van der Waals surface area contributed by atoms with Crippen molar-refractivity contribution in [3.63, 3.8) is 0 Å². The molecule has 5 heteroatoms. The fourth-order valence-corrected chi connectivity index (χ4v) is 2.55. The van der Waals surface area contributed by atoms with Crippen molar-refractivity contribution < 1.29 is 14.3 Å². The number of fused-ring (bicyclic) bond motifs is 1. The minimum atomic E-state index is -0.987. The Bertz CT molecular complexity index is 855. The number of carboxylic acid groups (broad SMARTS) is 1. The summed E-state index contributed by atoms with van der Waals surface area (Å²) in [5, 5.41) is 9.14. The Labute approximate surface area is 126 Å². The number of aryl methyl sites for hydroxylation is 1. The Hall–Kier alpha value is -2.69. The van der Waals surface area contributed by atoms with Crippen molar-refractivity contribution in [3.05, 3.63) is 65.2 Å². The van der Waals surface area contributed by atoms with Gasteiger partial charge in [0.1, 0.15) is 11.6 Å². The first-order valence-electron chi connectivity index (χ1n) is 7.06. The van der Waals surface area contributed by atoms with E-state index in [4.69, 9.17) is 5.11 Å². The van der Waals surface area contributed by atoms with Crippen LogP contribution in [0.3, 0.4) is 0 Å². The first kappa shape index (κ1) is 14.3. The minimum absolute atomic E-state index is 0.199. The van der Waals surface area contributed by atoms with Gasteiger partial charge in [0.05, 0.1) is 23.1 Å². The van der Waals surface area contributed by atoms with Gasteiger partial charge in [-0.2, -0.15) is 0 Å². The smallest absolute Gasteiger partial charge is 0.335 e. The number of imidazole rings is 1. The highest BCUT2D eigenvalue weighted by Crippen LogP contribution is 2.21. The van der Waals surface area contributed by atoms with Gasteiger partial charge >= 0.3 is 5.97 Å². The fourth-order valence-electron chi connectivity index (χ4n) is 2.55. The standard InChI is InChI=1S/C17H15FN2O2/c1-2-16-19-14-8-7-11(17(21)22)9-15(14)20(16)10-12-5-3-4-6-13(12)18/h3-9H,2,10H2,1H3,(H,21,22). The molecule has 22 heavy (non-hydrogen) atoms. The number of benzene rings is 2. The molecule has 2 aromatic carbocycles. The van der Waals surface area contributed by atoms with E-state index in [0.717, 1.165) is 11.3 Å². The van der Waals surface area contributed by atoms with E-state index >= 15 is 0 Å². The second kappa shape index (κ2) is 5.60. The average molecular weight is 298 g/mol. The number of halogens is 1. The number of nitrogens with zero attached hydrogens (tertiary/aromatic N) is 2. The van der Waals surface area contributed by atoms with Gasteiger partial charge in [0, 0.05) is 12.0 Å². The molecule has 3 aromatic rings. The van der Waals surface area contributed by atoms with Crippen molar-refractivity contribution in [2.24, 2.45) is 0 Å². The molecule has 3 rings (SSSR count). The van der Waals surface area contributed by atoms with Crippen LogP contribution < -0.4 is 0 Å². The van der Waals surface area contributed by atoms with E-state index < -0.39 is 5.97 Å². The second-order valence-electron chi connectivity index (χ2n) is 5.07. The molecule has 0 fully saturated rings. The van der Waals surface area contributed by atoms with Gasteiger partial charge in [0.25, 0.3) is 0 Å². The van der Waals surface area contributed by atoms with Crippen molar-refractivity contribution in [3.8, 4) is 0 Å². The van der Waals surface area contributed by atoms with Crippen LogP contribution in [0.15, 0.2) is 42.5 Å². The molecule has 112 valence electrons. The summed E-state index contributed by atoms with van der Waals surface area (Å²) in [6.07, 6.45) is 0.686. The average Bonchev–Trinajstić information content (AvgIpc) is 2.86. The van der Waals surface area contributed by atoms with Crippen LogP contribution in [0, 0.1) is 5.82 Å². The zero-order valence-corrected chi connectivity index (χ0v) is 12.1. The predicted octanol–water partition coefficient (Wildman–Crippen LogP) is 3.48. The Morgan fingerprint density at radius 1 is 1.27 bits per heavy atom. The van der Waals surface area contributed by atoms with E-state index in [1.165, 1.54) is 12.1 Å². The van der Waals surface area contributed by atoms with Crippen LogP contribution in [-0.2, 0) is 13.0 Å². The van der Waals surface area contributed by atoms with Gasteiger partial charge in [-0.3, -0.25) is 0 Å². The maximum atomic E-state index is 13.9. The molecule has 0 unspecified atom stereocenters. The number of hydrogen-bond donors (Lipinski definition) is 1. The van der Waals surface area contributed by atoms with Crippen LogP contribution in [0.1, 0.15) is 28.7 Å². The lowest BCUT2D eigenvalue weighted by Gasteiger charge is -2.09. The van der Waals surface area contributed by atoms with E-state index in [1.807, 2.05) is 11.5 Å². The monoisotopic (exact) mass is 298 g/mol. The van der Waals surface area contributed by atoms with Gasteiger partial charge in [-0.15, -0.1) is 0 Å². The lowest BCUT2D eigenvalue weighted by atomic mass is 10.2. The first-order chi connectivity index (χ1) is 10.6. The van der Waals surface area contributed by atoms with Crippen molar-refractivity contribution in [2.45, 2.75) is 19.9 Å². The Balaban J connectivity index is 2.15. The summed E-state index contributed by atoms with van der Waals surface area (Å²) in [4.78, 5) is 15.7. The van der Waals surface area contributed by atoms with E-state index in [9.17, 15) is 9.18 Å². The summed E-state index contributed by atoms with van der Waals surface area (Å²) in [5.41, 5.74) is 2.18. The summed E-state index contributed by atoms with van der Waals surface area (Å²) in [7, 11) is 0. The summed E-state index contributed by atoms with van der Waals surface area (Å²) in [6, 6.07) is 11.4. The first-order valence-corrected chi connectivity index (χ1v) is 7.06. The molecule has 0 aliphatic rings. The number of rotatable bonds is 4. The molecule has 0 aliphatic carbocycles. The zero-order valence-electron chi connectivity index (χ0n) is 12.1. The summed E-state index contributed by atoms with van der Waals surface area (Å²) >= 11 is 0. The zero-order chi connectivity index (χ0) is 15.7. The number of carbonyl (C=O) groups is 1.